The minimum absolute atomic E-state index is 0.0157. The van der Waals surface area contributed by atoms with Crippen LogP contribution in [0.15, 0.2) is 50.7 Å². The summed E-state index contributed by atoms with van der Waals surface area (Å²) in [4.78, 5) is 1.69. The van der Waals surface area contributed by atoms with Crippen LogP contribution in [0.1, 0.15) is 5.56 Å². The molecular weight excluding hydrogens is 367 g/mol. The van der Waals surface area contributed by atoms with E-state index in [-0.39, 0.29) is 5.84 Å². The van der Waals surface area contributed by atoms with Crippen LogP contribution in [-0.4, -0.2) is 5.84 Å². The van der Waals surface area contributed by atoms with Crippen LogP contribution >= 0.6 is 50.9 Å². The van der Waals surface area contributed by atoms with Gasteiger partial charge in [0.25, 0.3) is 0 Å². The number of nitrogen functional groups attached to an aromatic ring is 1. The molecule has 2 rings (SSSR count). The Morgan fingerprint density at radius 3 is 2.53 bits per heavy atom. The highest BCUT2D eigenvalue weighted by Crippen LogP contribution is 2.37. The molecular formula is C13H9BrCl2N2S. The number of halogens is 3. The third kappa shape index (κ3) is 3.66. The number of hydrogen-bond acceptors (Lipinski definition) is 2. The van der Waals surface area contributed by atoms with Gasteiger partial charge in [-0.2, -0.15) is 0 Å². The second-order valence-corrected chi connectivity index (χ2v) is 6.57. The molecule has 0 unspecified atom stereocenters. The fourth-order valence-corrected chi connectivity index (χ4v) is 3.31. The van der Waals surface area contributed by atoms with Crippen molar-refractivity contribution in [2.45, 2.75) is 9.79 Å². The molecule has 0 bridgehead atoms. The summed E-state index contributed by atoms with van der Waals surface area (Å²) in [5, 5.41) is 8.86. The van der Waals surface area contributed by atoms with Crippen LogP contribution in [0.3, 0.4) is 0 Å². The SMILES string of the molecule is N=C(N)c1cc(Br)ccc1Sc1cc(Cl)ccc1Cl. The maximum atomic E-state index is 7.62. The smallest absolute Gasteiger partial charge is 0.123 e. The van der Waals surface area contributed by atoms with Gasteiger partial charge in [-0.15, -0.1) is 0 Å². The molecule has 0 aliphatic rings. The molecule has 6 heteroatoms. The van der Waals surface area contributed by atoms with Crippen molar-refractivity contribution in [3.63, 3.8) is 0 Å². The summed E-state index contributed by atoms with van der Waals surface area (Å²) < 4.78 is 0.874. The van der Waals surface area contributed by atoms with Gasteiger partial charge in [-0.1, -0.05) is 50.9 Å². The first-order chi connectivity index (χ1) is 8.97. The van der Waals surface area contributed by atoms with Crippen molar-refractivity contribution in [2.24, 2.45) is 5.73 Å². The van der Waals surface area contributed by atoms with E-state index in [1.54, 1.807) is 18.2 Å². The van der Waals surface area contributed by atoms with Crippen LogP contribution in [0.4, 0.5) is 0 Å². The summed E-state index contributed by atoms with van der Waals surface area (Å²) in [6, 6.07) is 10.9. The third-order valence-electron chi connectivity index (χ3n) is 2.34. The van der Waals surface area contributed by atoms with E-state index in [0.29, 0.717) is 15.6 Å². The van der Waals surface area contributed by atoms with Gasteiger partial charge in [0, 0.05) is 24.8 Å². The van der Waals surface area contributed by atoms with Gasteiger partial charge in [0.05, 0.1) is 5.02 Å². The van der Waals surface area contributed by atoms with Crippen molar-refractivity contribution in [1.29, 1.82) is 5.41 Å². The fraction of sp³-hybridized carbons (Fsp3) is 0. The van der Waals surface area contributed by atoms with Gasteiger partial charge in [0.15, 0.2) is 0 Å². The van der Waals surface area contributed by atoms with Gasteiger partial charge in [-0.3, -0.25) is 5.41 Å². The number of hydrogen-bond donors (Lipinski definition) is 2. The summed E-state index contributed by atoms with van der Waals surface area (Å²) >= 11 is 16.9. The molecule has 0 aliphatic heterocycles. The molecule has 0 radical (unpaired) electrons. The lowest BCUT2D eigenvalue weighted by Crippen LogP contribution is -2.12. The van der Waals surface area contributed by atoms with Crippen molar-refractivity contribution < 1.29 is 0 Å². The van der Waals surface area contributed by atoms with Crippen molar-refractivity contribution >= 4 is 56.7 Å². The predicted octanol–water partition coefficient (Wildman–Crippen LogP) is 5.19. The Bertz CT molecular complexity index is 647. The summed E-state index contributed by atoms with van der Waals surface area (Å²) in [6.07, 6.45) is 0. The molecule has 19 heavy (non-hydrogen) atoms. The van der Waals surface area contributed by atoms with E-state index < -0.39 is 0 Å². The Kier molecular flexibility index (Phi) is 4.79. The second-order valence-electron chi connectivity index (χ2n) is 3.73. The molecule has 2 aromatic rings. The predicted molar refractivity (Wildman–Crippen MR) is 85.7 cm³/mol. The van der Waals surface area contributed by atoms with Crippen molar-refractivity contribution in [3.8, 4) is 0 Å². The quantitative estimate of drug-likeness (QED) is 0.572. The lowest BCUT2D eigenvalue weighted by Gasteiger charge is -2.10. The first kappa shape index (κ1) is 14.7. The summed E-state index contributed by atoms with van der Waals surface area (Å²) in [6.45, 7) is 0. The van der Waals surface area contributed by atoms with Crippen molar-refractivity contribution in [1.82, 2.24) is 0 Å². The zero-order valence-electron chi connectivity index (χ0n) is 9.58. The summed E-state index contributed by atoms with van der Waals surface area (Å²) in [5.74, 6) is 0.0157. The maximum absolute atomic E-state index is 7.62. The summed E-state index contributed by atoms with van der Waals surface area (Å²) in [7, 11) is 0. The Balaban J connectivity index is 2.43. The van der Waals surface area contributed by atoms with Crippen LogP contribution in [0.5, 0.6) is 0 Å². The Morgan fingerprint density at radius 1 is 1.11 bits per heavy atom. The normalized spacial score (nSPS) is 10.5. The van der Waals surface area contributed by atoms with Gasteiger partial charge < -0.3 is 5.73 Å². The van der Waals surface area contributed by atoms with Gasteiger partial charge in [0.2, 0.25) is 0 Å². The first-order valence-corrected chi connectivity index (χ1v) is 7.61. The monoisotopic (exact) mass is 374 g/mol. The Hall–Kier alpha value is -0.680. The average molecular weight is 376 g/mol. The fourth-order valence-electron chi connectivity index (χ4n) is 1.48. The molecule has 0 heterocycles. The number of rotatable bonds is 3. The molecule has 0 amide bonds. The molecule has 2 aromatic carbocycles. The number of benzene rings is 2. The zero-order valence-corrected chi connectivity index (χ0v) is 13.5. The molecule has 3 N–H and O–H groups in total. The number of nitrogens with two attached hydrogens (primary N) is 1. The zero-order chi connectivity index (χ0) is 14.0. The van der Waals surface area contributed by atoms with Crippen LogP contribution in [0.2, 0.25) is 10.0 Å². The highest BCUT2D eigenvalue weighted by atomic mass is 79.9. The Labute approximate surface area is 133 Å². The molecule has 0 aliphatic carbocycles. The van der Waals surface area contributed by atoms with E-state index in [0.717, 1.165) is 14.3 Å². The van der Waals surface area contributed by atoms with Gasteiger partial charge in [-0.05, 0) is 36.4 Å². The topological polar surface area (TPSA) is 49.9 Å². The first-order valence-electron chi connectivity index (χ1n) is 5.24. The van der Waals surface area contributed by atoms with Crippen molar-refractivity contribution in [3.05, 3.63) is 56.5 Å². The van der Waals surface area contributed by atoms with Crippen LogP contribution in [0.25, 0.3) is 0 Å². The van der Waals surface area contributed by atoms with E-state index in [9.17, 15) is 0 Å². The minimum atomic E-state index is 0.0157. The average Bonchev–Trinajstić information content (AvgIpc) is 2.35. The molecule has 0 spiro atoms. The van der Waals surface area contributed by atoms with E-state index in [2.05, 4.69) is 15.9 Å². The molecule has 0 atom stereocenters. The molecule has 98 valence electrons. The van der Waals surface area contributed by atoms with E-state index in [1.807, 2.05) is 18.2 Å². The molecule has 0 saturated carbocycles. The highest BCUT2D eigenvalue weighted by Gasteiger charge is 2.10. The highest BCUT2D eigenvalue weighted by molar-refractivity contribution is 9.10. The van der Waals surface area contributed by atoms with Crippen molar-refractivity contribution in [2.75, 3.05) is 0 Å². The second kappa shape index (κ2) is 6.18. The van der Waals surface area contributed by atoms with Crippen LogP contribution < -0.4 is 5.73 Å². The van der Waals surface area contributed by atoms with Gasteiger partial charge >= 0.3 is 0 Å². The number of nitrogens with one attached hydrogen (secondary N) is 1. The van der Waals surface area contributed by atoms with Gasteiger partial charge in [-0.25, -0.2) is 0 Å². The lowest BCUT2D eigenvalue weighted by molar-refractivity contribution is 1.32. The minimum Gasteiger partial charge on any atom is -0.384 e. The van der Waals surface area contributed by atoms with E-state index >= 15 is 0 Å². The number of amidine groups is 1. The standard InChI is InChI=1S/C13H9BrCl2N2S/c14-7-1-4-11(9(5-7)13(17)18)19-12-6-8(15)2-3-10(12)16/h1-6H,(H3,17,18). The third-order valence-corrected chi connectivity index (χ3v) is 4.65. The van der Waals surface area contributed by atoms with E-state index in [4.69, 9.17) is 34.3 Å². The Morgan fingerprint density at radius 2 is 1.84 bits per heavy atom. The maximum Gasteiger partial charge on any atom is 0.123 e. The largest absolute Gasteiger partial charge is 0.384 e. The van der Waals surface area contributed by atoms with Gasteiger partial charge in [0.1, 0.15) is 5.84 Å². The summed E-state index contributed by atoms with van der Waals surface area (Å²) in [5.41, 5.74) is 6.26. The van der Waals surface area contributed by atoms with Crippen LogP contribution in [0, 0.1) is 5.41 Å². The molecule has 0 fully saturated rings. The van der Waals surface area contributed by atoms with Crippen LogP contribution in [-0.2, 0) is 0 Å². The van der Waals surface area contributed by atoms with E-state index in [1.165, 1.54) is 11.8 Å². The molecule has 2 nitrogen and oxygen atoms in total. The molecule has 0 saturated heterocycles. The lowest BCUT2D eigenvalue weighted by atomic mass is 10.2. The molecule has 0 aromatic heterocycles.